The summed E-state index contributed by atoms with van der Waals surface area (Å²) in [6, 6.07) is 6.09. The van der Waals surface area contributed by atoms with Crippen molar-refractivity contribution in [3.63, 3.8) is 0 Å². The molecule has 1 aromatic heterocycles. The minimum Gasteiger partial charge on any atom is -0.382 e. The van der Waals surface area contributed by atoms with Crippen LogP contribution in [-0.2, 0) is 15.2 Å². The molecule has 0 bridgehead atoms. The Kier molecular flexibility index (Phi) is 4.18. The molecule has 7 nitrogen and oxygen atoms in total. The van der Waals surface area contributed by atoms with Crippen molar-refractivity contribution in [2.75, 3.05) is 0 Å². The zero-order chi connectivity index (χ0) is 18.1. The number of hydrogen-bond donors (Lipinski definition) is 1. The first-order valence-electron chi connectivity index (χ1n) is 8.67. The lowest BCUT2D eigenvalue weighted by atomic mass is 9.95. The fraction of sp³-hybridized carbons (Fsp3) is 0.444. The predicted molar refractivity (Wildman–Crippen MR) is 89.8 cm³/mol. The molecule has 26 heavy (non-hydrogen) atoms. The van der Waals surface area contributed by atoms with E-state index >= 15 is 0 Å². The topological polar surface area (TPSA) is 89.6 Å². The summed E-state index contributed by atoms with van der Waals surface area (Å²) in [7, 11) is 0. The molecule has 1 aliphatic heterocycles. The highest BCUT2D eigenvalue weighted by atomic mass is 19.1. The van der Waals surface area contributed by atoms with Gasteiger partial charge in [-0.2, -0.15) is 4.98 Å². The lowest BCUT2D eigenvalue weighted by Gasteiger charge is -2.27. The first-order valence-corrected chi connectivity index (χ1v) is 8.67. The number of rotatable bonds is 4. The van der Waals surface area contributed by atoms with Gasteiger partial charge in [-0.25, -0.2) is 4.39 Å². The van der Waals surface area contributed by atoms with Gasteiger partial charge in [0, 0.05) is 18.9 Å². The molecule has 1 aliphatic carbocycles. The Morgan fingerprint density at radius 2 is 2.15 bits per heavy atom. The van der Waals surface area contributed by atoms with E-state index in [1.54, 1.807) is 19.1 Å². The number of hydrogen-bond acceptors (Lipinski definition) is 6. The van der Waals surface area contributed by atoms with Gasteiger partial charge in [0.15, 0.2) is 5.82 Å². The van der Waals surface area contributed by atoms with Crippen LogP contribution in [0.15, 0.2) is 33.9 Å². The number of carbonyl (C=O) groups is 1. The lowest BCUT2D eigenvalue weighted by Crippen LogP contribution is -2.48. The number of aromatic nitrogens is 2. The van der Waals surface area contributed by atoms with Crippen molar-refractivity contribution < 1.29 is 18.5 Å². The summed E-state index contributed by atoms with van der Waals surface area (Å²) in [5, 5.41) is 11.0. The molecular weight excluding hydrogens is 339 g/mol. The van der Waals surface area contributed by atoms with Gasteiger partial charge in [0.1, 0.15) is 11.4 Å². The highest BCUT2D eigenvalue weighted by Gasteiger charge is 2.43. The lowest BCUT2D eigenvalue weighted by molar-refractivity contribution is -0.133. The number of oxime groups is 1. The maximum absolute atomic E-state index is 13.4. The van der Waals surface area contributed by atoms with E-state index in [1.165, 1.54) is 12.1 Å². The summed E-state index contributed by atoms with van der Waals surface area (Å²) in [5.74, 6) is 0.347. The van der Waals surface area contributed by atoms with Crippen LogP contribution in [0, 0.1) is 12.7 Å². The van der Waals surface area contributed by atoms with E-state index in [9.17, 15) is 9.18 Å². The molecule has 2 aromatic rings. The van der Waals surface area contributed by atoms with Crippen LogP contribution in [0.4, 0.5) is 4.39 Å². The molecule has 2 heterocycles. The minimum atomic E-state index is -0.751. The molecule has 136 valence electrons. The zero-order valence-corrected chi connectivity index (χ0v) is 14.4. The second kappa shape index (κ2) is 6.51. The number of aryl methyl sites for hydroxylation is 1. The van der Waals surface area contributed by atoms with E-state index < -0.39 is 11.6 Å². The summed E-state index contributed by atoms with van der Waals surface area (Å²) in [5.41, 5.74) is 0.546. The molecule has 1 saturated carbocycles. The molecule has 4 rings (SSSR count). The van der Waals surface area contributed by atoms with Crippen molar-refractivity contribution in [1.29, 1.82) is 0 Å². The van der Waals surface area contributed by atoms with Gasteiger partial charge < -0.3 is 14.7 Å². The molecule has 0 spiro atoms. The third kappa shape index (κ3) is 3.07. The average molecular weight is 358 g/mol. The van der Waals surface area contributed by atoms with Crippen molar-refractivity contribution in [3.05, 3.63) is 47.4 Å². The van der Waals surface area contributed by atoms with Gasteiger partial charge in [0.05, 0.1) is 5.71 Å². The van der Waals surface area contributed by atoms with E-state index in [-0.39, 0.29) is 18.1 Å². The van der Waals surface area contributed by atoms with Gasteiger partial charge in [-0.1, -0.05) is 35.3 Å². The van der Waals surface area contributed by atoms with E-state index in [4.69, 9.17) is 9.36 Å². The normalized spacial score (nSPS) is 21.3. The zero-order valence-electron chi connectivity index (χ0n) is 14.4. The molecule has 1 N–H and O–H groups in total. The van der Waals surface area contributed by atoms with Crippen LogP contribution in [0.1, 0.15) is 49.4 Å². The van der Waals surface area contributed by atoms with Crippen LogP contribution in [0.5, 0.6) is 0 Å². The van der Waals surface area contributed by atoms with Crippen LogP contribution >= 0.6 is 0 Å². The van der Waals surface area contributed by atoms with E-state index in [2.05, 4.69) is 20.6 Å². The number of nitrogens with zero attached hydrogens (tertiary/aromatic N) is 3. The SMILES string of the molecule is Cc1nc(C2(NC(=O)[C@@H]3CC(c4cccc(F)c4)=NO3)CCCC2)no1. The highest BCUT2D eigenvalue weighted by Crippen LogP contribution is 2.37. The molecule has 1 fully saturated rings. The maximum atomic E-state index is 13.4. The Balaban J connectivity index is 1.47. The third-order valence-electron chi connectivity index (χ3n) is 4.89. The third-order valence-corrected chi connectivity index (χ3v) is 4.89. The van der Waals surface area contributed by atoms with Gasteiger partial charge in [-0.05, 0) is 25.0 Å². The number of amides is 1. The fourth-order valence-corrected chi connectivity index (χ4v) is 3.55. The minimum absolute atomic E-state index is 0.274. The standard InChI is InChI=1S/C18H19FN4O3/c1-11-20-17(23-25-11)18(7-2-3-8-18)21-16(24)15-10-14(22-26-15)12-5-4-6-13(19)9-12/h4-6,9,15H,2-3,7-8,10H2,1H3,(H,21,24)/t15-/m0/s1. The molecular formula is C18H19FN4O3. The van der Waals surface area contributed by atoms with Crippen molar-refractivity contribution in [2.24, 2.45) is 5.16 Å². The van der Waals surface area contributed by atoms with Crippen LogP contribution in [0.2, 0.25) is 0 Å². The van der Waals surface area contributed by atoms with Gasteiger partial charge in [-0.3, -0.25) is 4.79 Å². The van der Waals surface area contributed by atoms with Crippen LogP contribution in [0.25, 0.3) is 0 Å². The quantitative estimate of drug-likeness (QED) is 0.907. The second-order valence-corrected chi connectivity index (χ2v) is 6.76. The summed E-state index contributed by atoms with van der Waals surface area (Å²) >= 11 is 0. The number of carbonyl (C=O) groups excluding carboxylic acids is 1. The molecule has 1 atom stereocenters. The van der Waals surface area contributed by atoms with Crippen LogP contribution in [-0.4, -0.2) is 27.9 Å². The molecule has 0 unspecified atom stereocenters. The molecule has 2 aliphatic rings. The molecule has 1 aromatic carbocycles. The van der Waals surface area contributed by atoms with Crippen molar-refractivity contribution in [1.82, 2.24) is 15.5 Å². The largest absolute Gasteiger partial charge is 0.382 e. The Hall–Kier alpha value is -2.77. The second-order valence-electron chi connectivity index (χ2n) is 6.76. The van der Waals surface area contributed by atoms with Crippen molar-refractivity contribution in [3.8, 4) is 0 Å². The van der Waals surface area contributed by atoms with Crippen molar-refractivity contribution in [2.45, 2.75) is 50.7 Å². The maximum Gasteiger partial charge on any atom is 0.265 e. The smallest absolute Gasteiger partial charge is 0.265 e. The Morgan fingerprint density at radius 3 is 2.85 bits per heavy atom. The summed E-state index contributed by atoms with van der Waals surface area (Å²) in [6.45, 7) is 1.72. The summed E-state index contributed by atoms with van der Waals surface area (Å²) < 4.78 is 18.5. The molecule has 0 radical (unpaired) electrons. The molecule has 8 heteroatoms. The first-order chi connectivity index (χ1) is 12.6. The van der Waals surface area contributed by atoms with E-state index in [1.807, 2.05) is 0 Å². The number of nitrogens with one attached hydrogen (secondary N) is 1. The van der Waals surface area contributed by atoms with Crippen molar-refractivity contribution >= 4 is 11.6 Å². The average Bonchev–Trinajstić information content (AvgIpc) is 3.35. The Bertz CT molecular complexity index is 858. The van der Waals surface area contributed by atoms with E-state index in [0.29, 0.717) is 23.0 Å². The monoisotopic (exact) mass is 358 g/mol. The predicted octanol–water partition coefficient (Wildman–Crippen LogP) is 2.60. The Morgan fingerprint density at radius 1 is 1.35 bits per heavy atom. The highest BCUT2D eigenvalue weighted by molar-refractivity contribution is 6.04. The number of halogens is 1. The van der Waals surface area contributed by atoms with Crippen LogP contribution in [0.3, 0.4) is 0 Å². The van der Waals surface area contributed by atoms with Crippen LogP contribution < -0.4 is 5.32 Å². The van der Waals surface area contributed by atoms with Gasteiger partial charge in [-0.15, -0.1) is 0 Å². The molecule has 1 amide bonds. The number of benzene rings is 1. The molecule has 0 saturated heterocycles. The van der Waals surface area contributed by atoms with Gasteiger partial charge in [0.25, 0.3) is 5.91 Å². The van der Waals surface area contributed by atoms with Gasteiger partial charge >= 0.3 is 0 Å². The van der Waals surface area contributed by atoms with E-state index in [0.717, 1.165) is 25.7 Å². The van der Waals surface area contributed by atoms with Gasteiger partial charge in [0.2, 0.25) is 12.0 Å². The Labute approximate surface area is 149 Å². The first kappa shape index (κ1) is 16.7. The summed E-state index contributed by atoms with van der Waals surface area (Å²) in [6.07, 6.45) is 2.99. The summed E-state index contributed by atoms with van der Waals surface area (Å²) in [4.78, 5) is 22.4. The fourth-order valence-electron chi connectivity index (χ4n) is 3.55.